The average Bonchev–Trinajstić information content (AvgIpc) is 2.01. The molecule has 13 heavy (non-hydrogen) atoms. The molecule has 0 saturated heterocycles. The molecule has 0 radical (unpaired) electrons. The minimum absolute atomic E-state index is 0.109. The van der Waals surface area contributed by atoms with Gasteiger partial charge in [-0.1, -0.05) is 6.92 Å². The van der Waals surface area contributed by atoms with Crippen LogP contribution in [0.4, 0.5) is 9.59 Å². The smallest absolute Gasteiger partial charge is 0.450 e. The second-order valence-electron chi connectivity index (χ2n) is 2.16. The molecule has 0 unspecified atom stereocenters. The molecule has 0 aliphatic carbocycles. The van der Waals surface area contributed by atoms with Gasteiger partial charge in [-0.15, -0.1) is 0 Å². The highest BCUT2D eigenvalue weighted by Crippen LogP contribution is 2.17. The number of rotatable bonds is 4. The summed E-state index contributed by atoms with van der Waals surface area (Å²) in [6.07, 6.45) is -3.53. The van der Waals surface area contributed by atoms with Crippen molar-refractivity contribution in [1.29, 1.82) is 0 Å². The molecular formula is C6H10O7. The monoisotopic (exact) mass is 194 g/mol. The minimum atomic E-state index is -2.02. The predicted molar refractivity (Wildman–Crippen MR) is 38.3 cm³/mol. The number of carboxylic acid groups (broad SMARTS) is 2. The summed E-state index contributed by atoms with van der Waals surface area (Å²) >= 11 is 0. The molecule has 0 amide bonds. The van der Waals surface area contributed by atoms with Crippen molar-refractivity contribution in [1.82, 2.24) is 0 Å². The molecule has 7 nitrogen and oxygen atoms in total. The van der Waals surface area contributed by atoms with Crippen molar-refractivity contribution in [2.24, 2.45) is 0 Å². The normalized spacial score (nSPS) is 10.6. The molecule has 3 N–H and O–H groups in total. The Balaban J connectivity index is 4.48. The quantitative estimate of drug-likeness (QED) is 0.440. The minimum Gasteiger partial charge on any atom is -0.450 e. The van der Waals surface area contributed by atoms with Gasteiger partial charge in [-0.2, -0.15) is 0 Å². The second kappa shape index (κ2) is 4.51. The summed E-state index contributed by atoms with van der Waals surface area (Å²) in [4.78, 5) is 20.2. The maximum Gasteiger partial charge on any atom is 0.509 e. The zero-order chi connectivity index (χ0) is 10.5. The standard InChI is InChI=1S/C6H10O7/c1-2-6(3-7,12-4(8)9)13-5(10)11/h7H,2-3H2,1H3,(H,8,9)(H,10,11). The molecular weight excluding hydrogens is 184 g/mol. The molecule has 0 aliphatic heterocycles. The van der Waals surface area contributed by atoms with E-state index in [4.69, 9.17) is 15.3 Å². The molecule has 0 aromatic heterocycles. The summed E-state index contributed by atoms with van der Waals surface area (Å²) in [7, 11) is 0. The van der Waals surface area contributed by atoms with Gasteiger partial charge < -0.3 is 24.8 Å². The summed E-state index contributed by atoms with van der Waals surface area (Å²) in [5.41, 5.74) is 0. The maximum absolute atomic E-state index is 10.1. The van der Waals surface area contributed by atoms with E-state index in [2.05, 4.69) is 9.47 Å². The third kappa shape index (κ3) is 3.61. The fraction of sp³-hybridized carbons (Fsp3) is 0.667. The first-order chi connectivity index (χ1) is 5.95. The summed E-state index contributed by atoms with van der Waals surface area (Å²) in [6, 6.07) is 0. The fourth-order valence-corrected chi connectivity index (χ4v) is 0.660. The van der Waals surface area contributed by atoms with Crippen molar-refractivity contribution in [3.05, 3.63) is 0 Å². The number of hydrogen-bond acceptors (Lipinski definition) is 5. The van der Waals surface area contributed by atoms with E-state index in [1.54, 1.807) is 0 Å². The van der Waals surface area contributed by atoms with Crippen LogP contribution in [0.5, 0.6) is 0 Å². The summed E-state index contributed by atoms with van der Waals surface area (Å²) in [6.45, 7) is 0.560. The lowest BCUT2D eigenvalue weighted by atomic mass is 10.2. The Morgan fingerprint density at radius 3 is 1.77 bits per heavy atom. The molecule has 0 fully saturated rings. The SMILES string of the molecule is CCC(CO)(OC(=O)O)OC(=O)O. The molecule has 0 spiro atoms. The largest absolute Gasteiger partial charge is 0.509 e. The highest BCUT2D eigenvalue weighted by atomic mass is 16.8. The number of carbonyl (C=O) groups is 2. The van der Waals surface area contributed by atoms with Crippen LogP contribution in [-0.2, 0) is 9.47 Å². The van der Waals surface area contributed by atoms with E-state index in [1.807, 2.05) is 0 Å². The van der Waals surface area contributed by atoms with Crippen LogP contribution in [0.1, 0.15) is 13.3 Å². The molecule has 0 aliphatic rings. The van der Waals surface area contributed by atoms with Crippen LogP contribution in [-0.4, -0.2) is 40.0 Å². The summed E-state index contributed by atoms with van der Waals surface area (Å²) in [5, 5.41) is 25.1. The average molecular weight is 194 g/mol. The zero-order valence-electron chi connectivity index (χ0n) is 6.89. The van der Waals surface area contributed by atoms with Gasteiger partial charge in [0.15, 0.2) is 0 Å². The molecule has 0 aromatic carbocycles. The van der Waals surface area contributed by atoms with Gasteiger partial charge >= 0.3 is 12.3 Å². The van der Waals surface area contributed by atoms with E-state index < -0.39 is 24.7 Å². The number of ether oxygens (including phenoxy) is 2. The first-order valence-electron chi connectivity index (χ1n) is 3.40. The van der Waals surface area contributed by atoms with Gasteiger partial charge in [0, 0.05) is 6.42 Å². The van der Waals surface area contributed by atoms with Crippen LogP contribution in [0.2, 0.25) is 0 Å². The van der Waals surface area contributed by atoms with Crippen LogP contribution in [0.3, 0.4) is 0 Å². The Morgan fingerprint density at radius 2 is 1.62 bits per heavy atom. The molecule has 76 valence electrons. The molecule has 0 saturated carbocycles. The van der Waals surface area contributed by atoms with E-state index in [9.17, 15) is 9.59 Å². The van der Waals surface area contributed by atoms with E-state index in [1.165, 1.54) is 6.92 Å². The lowest BCUT2D eigenvalue weighted by Gasteiger charge is -2.26. The third-order valence-electron chi connectivity index (χ3n) is 1.33. The Hall–Kier alpha value is -1.50. The third-order valence-corrected chi connectivity index (χ3v) is 1.33. The van der Waals surface area contributed by atoms with Gasteiger partial charge in [-0.05, 0) is 0 Å². The lowest BCUT2D eigenvalue weighted by molar-refractivity contribution is -0.204. The number of aliphatic hydroxyl groups excluding tert-OH is 1. The van der Waals surface area contributed by atoms with Crippen molar-refractivity contribution in [2.75, 3.05) is 6.61 Å². The molecule has 0 aromatic rings. The van der Waals surface area contributed by atoms with Crippen molar-refractivity contribution < 1.29 is 34.4 Å². The first-order valence-corrected chi connectivity index (χ1v) is 3.40. The predicted octanol–water partition coefficient (Wildman–Crippen LogP) is 0.474. The van der Waals surface area contributed by atoms with Gasteiger partial charge in [0.2, 0.25) is 0 Å². The fourth-order valence-electron chi connectivity index (χ4n) is 0.660. The van der Waals surface area contributed by atoms with E-state index in [0.717, 1.165) is 0 Å². The Morgan fingerprint density at radius 1 is 1.23 bits per heavy atom. The topological polar surface area (TPSA) is 113 Å². The second-order valence-corrected chi connectivity index (χ2v) is 2.16. The molecule has 0 bridgehead atoms. The molecule has 0 heterocycles. The Kier molecular flexibility index (Phi) is 3.99. The number of aliphatic hydroxyl groups is 1. The molecule has 0 atom stereocenters. The highest BCUT2D eigenvalue weighted by molar-refractivity contribution is 5.60. The summed E-state index contributed by atoms with van der Waals surface area (Å²) < 4.78 is 8.22. The van der Waals surface area contributed by atoms with Gasteiger partial charge in [0.25, 0.3) is 5.79 Å². The van der Waals surface area contributed by atoms with Crippen LogP contribution in [0, 0.1) is 0 Å². The zero-order valence-corrected chi connectivity index (χ0v) is 6.89. The van der Waals surface area contributed by atoms with Crippen LogP contribution < -0.4 is 0 Å². The van der Waals surface area contributed by atoms with Gasteiger partial charge in [-0.3, -0.25) is 0 Å². The van der Waals surface area contributed by atoms with Crippen molar-refractivity contribution in [3.63, 3.8) is 0 Å². The van der Waals surface area contributed by atoms with Crippen molar-refractivity contribution >= 4 is 12.3 Å². The van der Waals surface area contributed by atoms with Gasteiger partial charge in [0.1, 0.15) is 6.61 Å². The van der Waals surface area contributed by atoms with E-state index in [-0.39, 0.29) is 6.42 Å². The summed E-state index contributed by atoms with van der Waals surface area (Å²) in [5.74, 6) is -2.02. The molecule has 0 rings (SSSR count). The van der Waals surface area contributed by atoms with Crippen LogP contribution >= 0.6 is 0 Å². The molecule has 7 heteroatoms. The van der Waals surface area contributed by atoms with Crippen LogP contribution in [0.15, 0.2) is 0 Å². The van der Waals surface area contributed by atoms with Crippen molar-refractivity contribution in [2.45, 2.75) is 19.1 Å². The van der Waals surface area contributed by atoms with Gasteiger partial charge in [-0.25, -0.2) is 9.59 Å². The lowest BCUT2D eigenvalue weighted by Crippen LogP contribution is -2.42. The van der Waals surface area contributed by atoms with E-state index >= 15 is 0 Å². The van der Waals surface area contributed by atoms with Crippen molar-refractivity contribution in [3.8, 4) is 0 Å². The Labute approximate surface area is 73.5 Å². The maximum atomic E-state index is 10.1. The van der Waals surface area contributed by atoms with Crippen LogP contribution in [0.25, 0.3) is 0 Å². The highest BCUT2D eigenvalue weighted by Gasteiger charge is 2.36. The Bertz CT molecular complexity index is 177. The number of hydrogen-bond donors (Lipinski definition) is 3. The first kappa shape index (κ1) is 11.5. The van der Waals surface area contributed by atoms with Gasteiger partial charge in [0.05, 0.1) is 0 Å². The van der Waals surface area contributed by atoms with E-state index in [0.29, 0.717) is 0 Å².